The van der Waals surface area contributed by atoms with Crippen LogP contribution in [0.5, 0.6) is 0 Å². The first-order valence-electron chi connectivity index (χ1n) is 9.43. The van der Waals surface area contributed by atoms with Crippen LogP contribution in [0.4, 0.5) is 0 Å². The van der Waals surface area contributed by atoms with Crippen molar-refractivity contribution in [3.8, 4) is 0 Å². The van der Waals surface area contributed by atoms with Gasteiger partial charge in [0.2, 0.25) is 0 Å². The molecule has 0 fully saturated rings. The van der Waals surface area contributed by atoms with Gasteiger partial charge >= 0.3 is 0 Å². The van der Waals surface area contributed by atoms with Crippen LogP contribution in [0, 0.1) is 7.14 Å². The lowest BCUT2D eigenvalue weighted by molar-refractivity contribution is -0.0631. The quantitative estimate of drug-likeness (QED) is 0.304. The second-order valence-corrected chi connectivity index (χ2v) is 10.4. The van der Waals surface area contributed by atoms with Crippen molar-refractivity contribution >= 4 is 67.0 Å². The normalized spacial score (nSPS) is 13.0. The topological polar surface area (TPSA) is 49.2 Å². The van der Waals surface area contributed by atoms with E-state index in [0.717, 1.165) is 37.6 Å². The molecule has 1 aromatic heterocycles. The summed E-state index contributed by atoms with van der Waals surface area (Å²) in [6, 6.07) is 8.44. The van der Waals surface area contributed by atoms with E-state index in [4.69, 9.17) is 19.7 Å². The Kier molecular flexibility index (Phi) is 6.88. The molecule has 0 saturated carbocycles. The summed E-state index contributed by atoms with van der Waals surface area (Å²) in [6.45, 7) is 9.79. The third-order valence-corrected chi connectivity index (χ3v) is 7.32. The zero-order chi connectivity index (χ0) is 20.5. The van der Waals surface area contributed by atoms with Gasteiger partial charge in [-0.1, -0.05) is 24.3 Å². The van der Waals surface area contributed by atoms with Crippen molar-refractivity contribution in [3.05, 3.63) is 31.4 Å². The Morgan fingerprint density at radius 2 is 1.43 bits per heavy atom. The van der Waals surface area contributed by atoms with E-state index in [0.29, 0.717) is 6.61 Å². The van der Waals surface area contributed by atoms with E-state index < -0.39 is 0 Å². The van der Waals surface area contributed by atoms with Crippen LogP contribution in [-0.4, -0.2) is 39.9 Å². The highest BCUT2D eigenvalue weighted by Gasteiger charge is 2.23. The van der Waals surface area contributed by atoms with Crippen molar-refractivity contribution in [1.82, 2.24) is 15.0 Å². The third kappa shape index (κ3) is 4.96. The number of hydrogen-bond acceptors (Lipinski definition) is 4. The molecule has 5 nitrogen and oxygen atoms in total. The van der Waals surface area contributed by atoms with Crippen molar-refractivity contribution < 1.29 is 9.47 Å². The third-order valence-electron chi connectivity index (χ3n) is 5.13. The van der Waals surface area contributed by atoms with Crippen molar-refractivity contribution in [2.45, 2.75) is 58.3 Å². The second kappa shape index (κ2) is 8.69. The average molecular weight is 607 g/mol. The fraction of sp³-hybridized carbons (Fsp3) is 0.524. The number of hydrogen-bond donors (Lipinski definition) is 0. The van der Waals surface area contributed by atoms with Crippen LogP contribution >= 0.6 is 45.2 Å². The van der Waals surface area contributed by atoms with Crippen LogP contribution < -0.4 is 0 Å². The predicted molar refractivity (Wildman–Crippen MR) is 131 cm³/mol. The monoisotopic (exact) mass is 607 g/mol. The molecule has 3 aromatic rings. The summed E-state index contributed by atoms with van der Waals surface area (Å²) in [5.41, 5.74) is 1.55. The Bertz CT molecular complexity index is 924. The Balaban J connectivity index is 1.73. The van der Waals surface area contributed by atoms with Gasteiger partial charge in [0, 0.05) is 7.11 Å². The molecule has 3 rings (SSSR count). The number of nitrogens with zero attached hydrogens (tertiary/aromatic N) is 3. The first kappa shape index (κ1) is 22.2. The van der Waals surface area contributed by atoms with Crippen LogP contribution in [0.1, 0.15) is 40.5 Å². The SMILES string of the molecule is COC(C)(C)CCOC(C)(C)CCn1nc2c(I)c3ccccc3c(I)c2n1. The van der Waals surface area contributed by atoms with E-state index in [1.54, 1.807) is 7.11 Å². The molecule has 0 amide bonds. The van der Waals surface area contributed by atoms with E-state index in [9.17, 15) is 0 Å². The molecule has 7 heteroatoms. The molecule has 1 heterocycles. The predicted octanol–water partition coefficient (Wildman–Crippen LogP) is 5.79. The Labute approximate surface area is 193 Å². The van der Waals surface area contributed by atoms with Crippen LogP contribution in [0.3, 0.4) is 0 Å². The molecule has 0 aliphatic rings. The molecule has 0 radical (unpaired) electrons. The highest BCUT2D eigenvalue weighted by atomic mass is 127. The maximum absolute atomic E-state index is 6.12. The zero-order valence-corrected chi connectivity index (χ0v) is 21.4. The molecule has 2 aromatic carbocycles. The molecule has 0 bridgehead atoms. The fourth-order valence-electron chi connectivity index (χ4n) is 2.98. The minimum Gasteiger partial charge on any atom is -0.379 e. The molecular weight excluding hydrogens is 580 g/mol. The summed E-state index contributed by atoms with van der Waals surface area (Å²) in [5, 5.41) is 12.0. The van der Waals surface area contributed by atoms with Crippen molar-refractivity contribution in [2.75, 3.05) is 13.7 Å². The number of aryl methyl sites for hydroxylation is 1. The fourth-order valence-corrected chi connectivity index (χ4v) is 4.65. The number of halogens is 2. The Morgan fingerprint density at radius 1 is 0.893 bits per heavy atom. The van der Waals surface area contributed by atoms with Gasteiger partial charge in [-0.15, -0.1) is 0 Å². The summed E-state index contributed by atoms with van der Waals surface area (Å²) < 4.78 is 13.9. The van der Waals surface area contributed by atoms with Crippen molar-refractivity contribution in [1.29, 1.82) is 0 Å². The number of methoxy groups -OCH3 is 1. The molecule has 0 N–H and O–H groups in total. The number of benzene rings is 2. The number of aromatic nitrogens is 3. The van der Waals surface area contributed by atoms with Gasteiger partial charge in [-0.25, -0.2) is 0 Å². The molecule has 28 heavy (non-hydrogen) atoms. The van der Waals surface area contributed by atoms with Crippen LogP contribution in [-0.2, 0) is 16.0 Å². The lowest BCUT2D eigenvalue weighted by atomic mass is 10.0. The van der Waals surface area contributed by atoms with Crippen LogP contribution in [0.2, 0.25) is 0 Å². The summed E-state index contributed by atoms with van der Waals surface area (Å²) in [6.07, 6.45) is 1.70. The van der Waals surface area contributed by atoms with Gasteiger partial charge in [0.15, 0.2) is 0 Å². The van der Waals surface area contributed by atoms with Crippen molar-refractivity contribution in [3.63, 3.8) is 0 Å². The molecule has 0 aliphatic carbocycles. The first-order valence-corrected chi connectivity index (χ1v) is 11.6. The number of ether oxygens (including phenoxy) is 2. The highest BCUT2D eigenvalue weighted by Crippen LogP contribution is 2.32. The van der Waals surface area contributed by atoms with Crippen LogP contribution in [0.15, 0.2) is 24.3 Å². The van der Waals surface area contributed by atoms with E-state index in [1.807, 2.05) is 4.80 Å². The lowest BCUT2D eigenvalue weighted by Crippen LogP contribution is -2.31. The van der Waals surface area contributed by atoms with Gasteiger partial charge in [0.05, 0.1) is 31.5 Å². The second-order valence-electron chi connectivity index (χ2n) is 8.24. The largest absolute Gasteiger partial charge is 0.379 e. The van der Waals surface area contributed by atoms with Crippen molar-refractivity contribution in [2.24, 2.45) is 0 Å². The maximum Gasteiger partial charge on any atom is 0.128 e. The van der Waals surface area contributed by atoms with Gasteiger partial charge < -0.3 is 9.47 Å². The van der Waals surface area contributed by atoms with Gasteiger partial charge in [0.1, 0.15) is 11.0 Å². The Hall–Kier alpha value is -0.520. The molecular formula is C21H27I2N3O2. The number of fused-ring (bicyclic) bond motifs is 2. The van der Waals surface area contributed by atoms with Gasteiger partial charge in [-0.3, -0.25) is 0 Å². The summed E-state index contributed by atoms with van der Waals surface area (Å²) in [5.74, 6) is 0. The molecule has 0 aliphatic heterocycles. The van der Waals surface area contributed by atoms with E-state index in [1.165, 1.54) is 10.8 Å². The lowest BCUT2D eigenvalue weighted by Gasteiger charge is -2.28. The molecule has 152 valence electrons. The summed E-state index contributed by atoms with van der Waals surface area (Å²) in [4.78, 5) is 1.82. The Morgan fingerprint density at radius 3 is 1.93 bits per heavy atom. The highest BCUT2D eigenvalue weighted by molar-refractivity contribution is 14.1. The summed E-state index contributed by atoms with van der Waals surface area (Å²) >= 11 is 4.77. The van der Waals surface area contributed by atoms with Crippen LogP contribution in [0.25, 0.3) is 21.8 Å². The molecule has 0 atom stereocenters. The minimum absolute atomic E-state index is 0.160. The molecule has 0 saturated heterocycles. The summed E-state index contributed by atoms with van der Waals surface area (Å²) in [7, 11) is 1.74. The molecule has 0 spiro atoms. The van der Waals surface area contributed by atoms with E-state index in [2.05, 4.69) is 97.1 Å². The van der Waals surface area contributed by atoms with Gasteiger partial charge in [0.25, 0.3) is 0 Å². The van der Waals surface area contributed by atoms with E-state index in [-0.39, 0.29) is 11.2 Å². The minimum atomic E-state index is -0.241. The zero-order valence-electron chi connectivity index (χ0n) is 17.1. The smallest absolute Gasteiger partial charge is 0.128 e. The number of rotatable bonds is 8. The standard InChI is InChI=1S/C21H27I2N3O2/c1-20(2,27-5)11-13-28-21(3,4)10-12-26-24-18-16(22)14-8-6-7-9-15(14)17(23)19(18)25-26/h6-9H,10-13H2,1-5H3. The average Bonchev–Trinajstić information content (AvgIpc) is 3.09. The van der Waals surface area contributed by atoms with E-state index >= 15 is 0 Å². The first-order chi connectivity index (χ1) is 13.1. The van der Waals surface area contributed by atoms with Gasteiger partial charge in [-0.05, 0) is 96.5 Å². The van der Waals surface area contributed by atoms with Gasteiger partial charge in [-0.2, -0.15) is 15.0 Å². The maximum atomic E-state index is 6.12. The molecule has 0 unspecified atom stereocenters.